The van der Waals surface area contributed by atoms with Crippen LogP contribution in [0.1, 0.15) is 11.1 Å². The van der Waals surface area contributed by atoms with Crippen LogP contribution in [0.5, 0.6) is 11.5 Å². The minimum Gasteiger partial charge on any atom is -0.507 e. The molecule has 0 bridgehead atoms. The van der Waals surface area contributed by atoms with E-state index >= 15 is 0 Å². The van der Waals surface area contributed by atoms with E-state index < -0.39 is 5.82 Å². The van der Waals surface area contributed by atoms with E-state index in [-0.39, 0.29) is 10.8 Å². The lowest BCUT2D eigenvalue weighted by atomic mass is 9.96. The Kier molecular flexibility index (Phi) is 3.67. The van der Waals surface area contributed by atoms with Crippen LogP contribution in [0.3, 0.4) is 0 Å². The summed E-state index contributed by atoms with van der Waals surface area (Å²) in [5.41, 5.74) is 3.15. The van der Waals surface area contributed by atoms with Gasteiger partial charge in [-0.1, -0.05) is 17.7 Å². The number of ether oxygens (including phenoxy) is 1. The first-order valence-corrected chi connectivity index (χ1v) is 6.15. The molecule has 19 heavy (non-hydrogen) atoms. The van der Waals surface area contributed by atoms with Gasteiger partial charge in [0.1, 0.15) is 17.3 Å². The van der Waals surface area contributed by atoms with E-state index in [4.69, 9.17) is 16.3 Å². The highest BCUT2D eigenvalue weighted by Gasteiger charge is 2.16. The Morgan fingerprint density at radius 1 is 1.16 bits per heavy atom. The Balaban J connectivity index is 2.75. The largest absolute Gasteiger partial charge is 0.507 e. The molecule has 2 rings (SSSR count). The third-order valence-corrected chi connectivity index (χ3v) is 3.26. The van der Waals surface area contributed by atoms with Gasteiger partial charge < -0.3 is 9.84 Å². The van der Waals surface area contributed by atoms with E-state index in [1.165, 1.54) is 6.07 Å². The summed E-state index contributed by atoms with van der Waals surface area (Å²) in [6.45, 7) is 3.86. The maximum absolute atomic E-state index is 13.3. The first-order valence-electron chi connectivity index (χ1n) is 5.77. The van der Waals surface area contributed by atoms with Crippen molar-refractivity contribution in [2.45, 2.75) is 13.8 Å². The Bertz CT molecular complexity index is 639. The second-order valence-corrected chi connectivity index (χ2v) is 4.85. The van der Waals surface area contributed by atoms with E-state index in [2.05, 4.69) is 0 Å². The quantitative estimate of drug-likeness (QED) is 0.879. The standard InChI is InChI=1S/C15H14ClFO2/c1-8-4-9(2)15(14(5-8)19-3)10-6-11(16)12(17)7-13(10)18/h4-7,18H,1-3H3. The van der Waals surface area contributed by atoms with E-state index in [9.17, 15) is 9.50 Å². The highest BCUT2D eigenvalue weighted by molar-refractivity contribution is 6.31. The van der Waals surface area contributed by atoms with Crippen LogP contribution in [0.4, 0.5) is 4.39 Å². The minimum absolute atomic E-state index is 0.0326. The number of hydrogen-bond acceptors (Lipinski definition) is 2. The molecular formula is C15H14ClFO2. The van der Waals surface area contributed by atoms with Crippen molar-refractivity contribution in [1.82, 2.24) is 0 Å². The van der Waals surface area contributed by atoms with Crippen molar-refractivity contribution < 1.29 is 14.2 Å². The number of phenolic OH excluding ortho intramolecular Hbond substituents is 1. The molecule has 0 atom stereocenters. The Morgan fingerprint density at radius 3 is 2.47 bits per heavy atom. The second-order valence-electron chi connectivity index (χ2n) is 4.44. The molecule has 0 amide bonds. The summed E-state index contributed by atoms with van der Waals surface area (Å²) in [5.74, 6) is -0.186. The van der Waals surface area contributed by atoms with E-state index in [1.807, 2.05) is 26.0 Å². The van der Waals surface area contributed by atoms with E-state index in [0.717, 1.165) is 17.2 Å². The van der Waals surface area contributed by atoms with Gasteiger partial charge in [0.05, 0.1) is 12.1 Å². The zero-order valence-corrected chi connectivity index (χ0v) is 11.7. The third-order valence-electron chi connectivity index (χ3n) is 2.97. The maximum Gasteiger partial charge on any atom is 0.145 e. The van der Waals surface area contributed by atoms with E-state index in [1.54, 1.807) is 7.11 Å². The molecular weight excluding hydrogens is 267 g/mol. The van der Waals surface area contributed by atoms with Crippen molar-refractivity contribution in [1.29, 1.82) is 0 Å². The van der Waals surface area contributed by atoms with Crippen molar-refractivity contribution >= 4 is 11.6 Å². The van der Waals surface area contributed by atoms with Crippen LogP contribution in [0, 0.1) is 19.7 Å². The molecule has 0 aliphatic carbocycles. The fraction of sp³-hybridized carbons (Fsp3) is 0.200. The van der Waals surface area contributed by atoms with Crippen molar-refractivity contribution in [3.8, 4) is 22.6 Å². The molecule has 0 spiro atoms. The number of halogens is 2. The van der Waals surface area contributed by atoms with Gasteiger partial charge >= 0.3 is 0 Å². The van der Waals surface area contributed by atoms with Gasteiger partial charge in [-0.25, -0.2) is 4.39 Å². The zero-order chi connectivity index (χ0) is 14.2. The minimum atomic E-state index is -0.647. The molecule has 0 aliphatic heterocycles. The summed E-state index contributed by atoms with van der Waals surface area (Å²) in [6, 6.07) is 6.25. The molecule has 4 heteroatoms. The molecule has 0 fully saturated rings. The van der Waals surface area contributed by atoms with Gasteiger partial charge in [-0.15, -0.1) is 0 Å². The van der Waals surface area contributed by atoms with Gasteiger partial charge in [0.15, 0.2) is 0 Å². The summed E-state index contributed by atoms with van der Waals surface area (Å²) >= 11 is 5.79. The molecule has 0 saturated carbocycles. The van der Waals surface area contributed by atoms with Gasteiger partial charge in [-0.3, -0.25) is 0 Å². The van der Waals surface area contributed by atoms with E-state index in [0.29, 0.717) is 16.9 Å². The SMILES string of the molecule is COc1cc(C)cc(C)c1-c1cc(Cl)c(F)cc1O. The van der Waals surface area contributed by atoms with Crippen LogP contribution >= 0.6 is 11.6 Å². The average Bonchev–Trinajstić information content (AvgIpc) is 2.33. The summed E-state index contributed by atoms with van der Waals surface area (Å²) < 4.78 is 18.6. The maximum atomic E-state index is 13.3. The van der Waals surface area contributed by atoms with Gasteiger partial charge in [-0.05, 0) is 37.1 Å². The summed E-state index contributed by atoms with van der Waals surface area (Å²) in [4.78, 5) is 0. The molecule has 0 unspecified atom stereocenters. The molecule has 2 aromatic carbocycles. The number of benzene rings is 2. The number of rotatable bonds is 2. The molecule has 2 nitrogen and oxygen atoms in total. The topological polar surface area (TPSA) is 29.5 Å². The van der Waals surface area contributed by atoms with Gasteiger partial charge in [0, 0.05) is 17.2 Å². The van der Waals surface area contributed by atoms with Crippen molar-refractivity contribution in [3.63, 3.8) is 0 Å². The fourth-order valence-corrected chi connectivity index (χ4v) is 2.33. The summed E-state index contributed by atoms with van der Waals surface area (Å²) in [5, 5.41) is 9.90. The lowest BCUT2D eigenvalue weighted by Crippen LogP contribution is -1.94. The predicted molar refractivity (Wildman–Crippen MR) is 74.5 cm³/mol. The first-order chi connectivity index (χ1) is 8.93. The molecule has 0 aromatic heterocycles. The van der Waals surface area contributed by atoms with Gasteiger partial charge in [0.2, 0.25) is 0 Å². The summed E-state index contributed by atoms with van der Waals surface area (Å²) in [6.07, 6.45) is 0. The molecule has 1 N–H and O–H groups in total. The zero-order valence-electron chi connectivity index (χ0n) is 10.9. The van der Waals surface area contributed by atoms with Crippen LogP contribution in [0.2, 0.25) is 5.02 Å². The second kappa shape index (κ2) is 5.10. The Hall–Kier alpha value is -1.74. The van der Waals surface area contributed by atoms with Crippen molar-refractivity contribution in [2.75, 3.05) is 7.11 Å². The lowest BCUT2D eigenvalue weighted by molar-refractivity contribution is 0.415. The molecule has 0 radical (unpaired) electrons. The predicted octanol–water partition coefficient (Wildman–Crippen LogP) is 4.48. The fourth-order valence-electron chi connectivity index (χ4n) is 2.17. The number of aromatic hydroxyl groups is 1. The number of aryl methyl sites for hydroxylation is 2. The Morgan fingerprint density at radius 2 is 1.84 bits per heavy atom. The van der Waals surface area contributed by atoms with Gasteiger partial charge in [-0.2, -0.15) is 0 Å². The molecule has 100 valence electrons. The molecule has 2 aromatic rings. The van der Waals surface area contributed by atoms with Crippen molar-refractivity contribution in [2.24, 2.45) is 0 Å². The monoisotopic (exact) mass is 280 g/mol. The van der Waals surface area contributed by atoms with Crippen LogP contribution < -0.4 is 4.74 Å². The number of hydrogen-bond donors (Lipinski definition) is 1. The third kappa shape index (κ3) is 2.51. The number of methoxy groups -OCH3 is 1. The average molecular weight is 281 g/mol. The molecule has 0 heterocycles. The molecule has 0 aliphatic rings. The lowest BCUT2D eigenvalue weighted by Gasteiger charge is -2.15. The normalized spacial score (nSPS) is 10.6. The van der Waals surface area contributed by atoms with Crippen LogP contribution in [-0.4, -0.2) is 12.2 Å². The first kappa shape index (κ1) is 13.7. The Labute approximate surface area is 116 Å². The van der Waals surface area contributed by atoms with Crippen LogP contribution in [0.25, 0.3) is 11.1 Å². The van der Waals surface area contributed by atoms with Gasteiger partial charge in [0.25, 0.3) is 0 Å². The highest BCUT2D eigenvalue weighted by Crippen LogP contribution is 2.40. The highest BCUT2D eigenvalue weighted by atomic mass is 35.5. The van der Waals surface area contributed by atoms with Crippen LogP contribution in [-0.2, 0) is 0 Å². The van der Waals surface area contributed by atoms with Crippen molar-refractivity contribution in [3.05, 3.63) is 46.2 Å². The molecule has 0 saturated heterocycles. The smallest absolute Gasteiger partial charge is 0.145 e. The summed E-state index contributed by atoms with van der Waals surface area (Å²) in [7, 11) is 1.56. The number of phenols is 1. The van der Waals surface area contributed by atoms with Crippen LogP contribution in [0.15, 0.2) is 24.3 Å².